The van der Waals surface area contributed by atoms with Gasteiger partial charge in [-0.3, -0.25) is 5.84 Å². The Labute approximate surface area is 120 Å². The normalized spacial score (nSPS) is 12.5. The van der Waals surface area contributed by atoms with Gasteiger partial charge in [-0.2, -0.15) is 0 Å². The van der Waals surface area contributed by atoms with Crippen molar-refractivity contribution in [2.24, 2.45) is 5.84 Å². The lowest BCUT2D eigenvalue weighted by Crippen LogP contribution is -2.30. The maximum Gasteiger partial charge on any atom is 0.129 e. The minimum atomic E-state index is -0.354. The number of aryl methyl sites for hydroxylation is 1. The molecule has 2 nitrogen and oxygen atoms in total. The molecule has 19 heavy (non-hydrogen) atoms. The second-order valence-corrected chi connectivity index (χ2v) is 5.47. The first kappa shape index (κ1) is 14.2. The van der Waals surface area contributed by atoms with Crippen LogP contribution in [0.15, 0.2) is 40.9 Å². The van der Waals surface area contributed by atoms with Gasteiger partial charge in [-0.05, 0) is 42.7 Å². The van der Waals surface area contributed by atoms with E-state index in [4.69, 9.17) is 5.84 Å². The molecule has 0 amide bonds. The van der Waals surface area contributed by atoms with E-state index in [-0.39, 0.29) is 11.9 Å². The zero-order chi connectivity index (χ0) is 14.0. The van der Waals surface area contributed by atoms with Crippen molar-refractivity contribution in [3.8, 4) is 0 Å². The molecule has 0 fully saturated rings. The molecular weight excluding hydrogens is 307 g/mol. The Morgan fingerprint density at radius 1 is 1.16 bits per heavy atom. The lowest BCUT2D eigenvalue weighted by molar-refractivity contribution is 0.558. The van der Waals surface area contributed by atoms with Crippen LogP contribution in [0.5, 0.6) is 0 Å². The number of hydrazine groups is 1. The molecule has 0 aromatic heterocycles. The Kier molecular flexibility index (Phi) is 4.34. The van der Waals surface area contributed by atoms with Gasteiger partial charge in [-0.1, -0.05) is 40.2 Å². The van der Waals surface area contributed by atoms with E-state index in [0.29, 0.717) is 10.0 Å². The number of benzene rings is 2. The molecule has 0 saturated carbocycles. The molecule has 4 heteroatoms. The van der Waals surface area contributed by atoms with E-state index in [1.54, 1.807) is 6.07 Å². The number of rotatable bonds is 3. The predicted molar refractivity (Wildman–Crippen MR) is 79.2 cm³/mol. The largest absolute Gasteiger partial charge is 0.271 e. The second-order valence-electron chi connectivity index (χ2n) is 4.55. The fourth-order valence-corrected chi connectivity index (χ4v) is 2.50. The average Bonchev–Trinajstić information content (AvgIpc) is 2.37. The first-order chi connectivity index (χ1) is 9.04. The standard InChI is InChI=1S/C15H16BrFN2/c1-9-4-3-5-12(10(9)2)15(19-18)13-7-6-11(16)8-14(13)17/h3-8,15,19H,18H2,1-2H3. The maximum atomic E-state index is 14.1. The number of halogens is 2. The van der Waals surface area contributed by atoms with E-state index < -0.39 is 0 Å². The third-order valence-electron chi connectivity index (χ3n) is 3.40. The Balaban J connectivity index is 2.53. The van der Waals surface area contributed by atoms with Crippen LogP contribution in [0.25, 0.3) is 0 Å². The van der Waals surface area contributed by atoms with E-state index in [1.165, 1.54) is 6.07 Å². The minimum Gasteiger partial charge on any atom is -0.271 e. The SMILES string of the molecule is Cc1cccc(C(NN)c2ccc(Br)cc2F)c1C. The van der Waals surface area contributed by atoms with Crippen molar-refractivity contribution < 1.29 is 4.39 Å². The Hall–Kier alpha value is -1.23. The van der Waals surface area contributed by atoms with Crippen LogP contribution < -0.4 is 11.3 Å². The monoisotopic (exact) mass is 322 g/mol. The van der Waals surface area contributed by atoms with Crippen molar-refractivity contribution in [3.63, 3.8) is 0 Å². The maximum absolute atomic E-state index is 14.1. The highest BCUT2D eigenvalue weighted by Gasteiger charge is 2.18. The topological polar surface area (TPSA) is 38.0 Å². The summed E-state index contributed by atoms with van der Waals surface area (Å²) >= 11 is 3.26. The van der Waals surface area contributed by atoms with Crippen LogP contribution in [-0.2, 0) is 0 Å². The van der Waals surface area contributed by atoms with Gasteiger partial charge < -0.3 is 0 Å². The van der Waals surface area contributed by atoms with Crippen LogP contribution >= 0.6 is 15.9 Å². The first-order valence-corrected chi connectivity index (χ1v) is 6.81. The van der Waals surface area contributed by atoms with Crippen LogP contribution in [0.3, 0.4) is 0 Å². The highest BCUT2D eigenvalue weighted by atomic mass is 79.9. The number of nitrogens with one attached hydrogen (secondary N) is 1. The molecule has 0 heterocycles. The second kappa shape index (κ2) is 5.82. The highest BCUT2D eigenvalue weighted by molar-refractivity contribution is 9.10. The smallest absolute Gasteiger partial charge is 0.129 e. The summed E-state index contributed by atoms with van der Waals surface area (Å²) in [5, 5.41) is 0. The van der Waals surface area contributed by atoms with Crippen LogP contribution in [0.1, 0.15) is 28.3 Å². The summed E-state index contributed by atoms with van der Waals surface area (Å²) in [5.74, 6) is 5.35. The summed E-state index contributed by atoms with van der Waals surface area (Å²) in [6, 6.07) is 10.6. The van der Waals surface area contributed by atoms with E-state index >= 15 is 0 Å². The summed E-state index contributed by atoms with van der Waals surface area (Å²) in [6.07, 6.45) is 0. The van der Waals surface area contributed by atoms with Crippen molar-refractivity contribution in [2.45, 2.75) is 19.9 Å². The number of nitrogens with two attached hydrogens (primary N) is 1. The molecule has 2 aromatic rings. The van der Waals surface area contributed by atoms with Crippen molar-refractivity contribution in [2.75, 3.05) is 0 Å². The van der Waals surface area contributed by atoms with Gasteiger partial charge in [0, 0.05) is 10.0 Å². The molecule has 0 radical (unpaired) electrons. The zero-order valence-corrected chi connectivity index (χ0v) is 12.5. The molecule has 1 unspecified atom stereocenters. The van der Waals surface area contributed by atoms with Gasteiger partial charge in [0.15, 0.2) is 0 Å². The molecular formula is C15H16BrFN2. The molecule has 0 saturated heterocycles. The van der Waals surface area contributed by atoms with Crippen molar-refractivity contribution in [1.29, 1.82) is 0 Å². The third kappa shape index (κ3) is 2.86. The molecule has 0 aliphatic carbocycles. The molecule has 0 aliphatic rings. The number of hydrogen-bond donors (Lipinski definition) is 2. The van der Waals surface area contributed by atoms with Crippen LogP contribution in [0.2, 0.25) is 0 Å². The summed E-state index contributed by atoms with van der Waals surface area (Å²) < 4.78 is 14.8. The lowest BCUT2D eigenvalue weighted by atomic mass is 9.93. The molecule has 0 aliphatic heterocycles. The van der Waals surface area contributed by atoms with Gasteiger partial charge in [-0.15, -0.1) is 0 Å². The van der Waals surface area contributed by atoms with E-state index in [2.05, 4.69) is 21.4 Å². The first-order valence-electron chi connectivity index (χ1n) is 6.01. The summed E-state index contributed by atoms with van der Waals surface area (Å²) in [4.78, 5) is 0. The lowest BCUT2D eigenvalue weighted by Gasteiger charge is -2.20. The van der Waals surface area contributed by atoms with Crippen LogP contribution in [0, 0.1) is 19.7 Å². The van der Waals surface area contributed by atoms with Crippen LogP contribution in [-0.4, -0.2) is 0 Å². The van der Waals surface area contributed by atoms with E-state index in [9.17, 15) is 4.39 Å². The van der Waals surface area contributed by atoms with Gasteiger partial charge in [-0.25, -0.2) is 9.82 Å². The van der Waals surface area contributed by atoms with Gasteiger partial charge in [0.1, 0.15) is 5.82 Å². The molecule has 2 aromatic carbocycles. The Bertz CT molecular complexity index is 599. The van der Waals surface area contributed by atoms with Crippen molar-refractivity contribution >= 4 is 15.9 Å². The van der Waals surface area contributed by atoms with Gasteiger partial charge in [0.05, 0.1) is 6.04 Å². The fraction of sp³-hybridized carbons (Fsp3) is 0.200. The third-order valence-corrected chi connectivity index (χ3v) is 3.89. The van der Waals surface area contributed by atoms with Crippen molar-refractivity contribution in [1.82, 2.24) is 5.43 Å². The predicted octanol–water partition coefficient (Wildman–Crippen LogP) is 3.76. The fourth-order valence-electron chi connectivity index (χ4n) is 2.17. The molecule has 100 valence electrons. The minimum absolute atomic E-state index is 0.279. The van der Waals surface area contributed by atoms with E-state index in [1.807, 2.05) is 38.1 Å². The molecule has 2 rings (SSSR count). The van der Waals surface area contributed by atoms with Crippen LogP contribution in [0.4, 0.5) is 4.39 Å². The quantitative estimate of drug-likeness (QED) is 0.667. The molecule has 1 atom stereocenters. The highest BCUT2D eigenvalue weighted by Crippen LogP contribution is 2.29. The average molecular weight is 323 g/mol. The summed E-state index contributed by atoms with van der Waals surface area (Å²) in [5.41, 5.74) is 6.52. The van der Waals surface area contributed by atoms with Gasteiger partial charge in [0.2, 0.25) is 0 Å². The number of hydrogen-bond acceptors (Lipinski definition) is 2. The molecule has 3 N–H and O–H groups in total. The van der Waals surface area contributed by atoms with Gasteiger partial charge >= 0.3 is 0 Å². The van der Waals surface area contributed by atoms with Crippen molar-refractivity contribution in [3.05, 3.63) is 68.9 Å². The molecule has 0 spiro atoms. The zero-order valence-electron chi connectivity index (χ0n) is 10.9. The Morgan fingerprint density at radius 2 is 1.89 bits per heavy atom. The van der Waals surface area contributed by atoms with E-state index in [0.717, 1.165) is 16.7 Å². The summed E-state index contributed by atoms with van der Waals surface area (Å²) in [7, 11) is 0. The Morgan fingerprint density at radius 3 is 2.53 bits per heavy atom. The van der Waals surface area contributed by atoms with Gasteiger partial charge in [0.25, 0.3) is 0 Å². The summed E-state index contributed by atoms with van der Waals surface area (Å²) in [6.45, 7) is 4.05. The molecule has 0 bridgehead atoms.